The van der Waals surface area contributed by atoms with Crippen molar-refractivity contribution in [3.05, 3.63) is 93.1 Å². The number of aryl methyl sites for hydroxylation is 2. The molecular weight excluding hydrogens is 451 g/mol. The first kappa shape index (κ1) is 21.9. The molecule has 32 heavy (non-hydrogen) atoms. The van der Waals surface area contributed by atoms with E-state index in [-0.39, 0.29) is 18.3 Å². The Morgan fingerprint density at radius 2 is 1.81 bits per heavy atom. The fourth-order valence-corrected chi connectivity index (χ4v) is 3.70. The summed E-state index contributed by atoms with van der Waals surface area (Å²) in [6, 6.07) is 14.5. The summed E-state index contributed by atoms with van der Waals surface area (Å²) in [4.78, 5) is 16.6. The number of nitrogens with one attached hydrogen (secondary N) is 1. The first-order valence-electron chi connectivity index (χ1n) is 9.81. The molecular formula is C23H20Cl2N4O3. The zero-order chi connectivity index (χ0) is 22.7. The van der Waals surface area contributed by atoms with Crippen molar-refractivity contribution in [2.75, 3.05) is 5.32 Å². The molecule has 2 aromatic carbocycles. The van der Waals surface area contributed by atoms with Crippen LogP contribution in [0.25, 0.3) is 0 Å². The van der Waals surface area contributed by atoms with Crippen molar-refractivity contribution >= 4 is 35.1 Å². The summed E-state index contributed by atoms with van der Waals surface area (Å²) in [6.07, 6.45) is 1.49. The van der Waals surface area contributed by atoms with E-state index in [1.54, 1.807) is 30.3 Å². The number of nitrogens with zero attached hydrogens (tertiary/aromatic N) is 3. The Bertz CT molecular complexity index is 1230. The lowest BCUT2D eigenvalue weighted by atomic mass is 10.1. The Morgan fingerprint density at radius 3 is 2.53 bits per heavy atom. The van der Waals surface area contributed by atoms with Crippen LogP contribution in [0.4, 0.5) is 5.95 Å². The van der Waals surface area contributed by atoms with Gasteiger partial charge in [0.1, 0.15) is 24.4 Å². The van der Waals surface area contributed by atoms with E-state index in [0.29, 0.717) is 22.4 Å². The molecule has 1 amide bonds. The van der Waals surface area contributed by atoms with Crippen LogP contribution in [0.2, 0.25) is 10.0 Å². The molecule has 164 valence electrons. The summed E-state index contributed by atoms with van der Waals surface area (Å²) in [5, 5.41) is 7.92. The van der Waals surface area contributed by atoms with Crippen LogP contribution in [0.1, 0.15) is 33.0 Å². The lowest BCUT2D eigenvalue weighted by Crippen LogP contribution is -2.12. The molecule has 0 saturated heterocycles. The third-order valence-electron chi connectivity index (χ3n) is 4.61. The number of hydrogen-bond acceptors (Lipinski definition) is 5. The molecule has 7 nitrogen and oxygen atoms in total. The predicted octanol–water partition coefficient (Wildman–Crippen LogP) is 5.67. The quantitative estimate of drug-likeness (QED) is 0.375. The first-order valence-corrected chi connectivity index (χ1v) is 10.6. The molecule has 9 heteroatoms. The van der Waals surface area contributed by atoms with Crippen LogP contribution < -0.4 is 10.1 Å². The standard InChI is InChI=1S/C23H20Cl2N4O3/c1-14-8-15(2)10-17(9-14)31-12-16-6-7-21(32-16)22(30)27-23-26-13-29(28-23)11-18-19(24)4-3-5-20(18)25/h3-10,13H,11-12H2,1-2H3,(H,27,28,30). The SMILES string of the molecule is Cc1cc(C)cc(OCc2ccc(C(=O)Nc3ncn(Cc4c(Cl)cccc4Cl)n3)o2)c1. The molecule has 0 atom stereocenters. The number of ether oxygens (including phenoxy) is 1. The number of hydrogen-bond donors (Lipinski definition) is 1. The Labute approximate surface area is 194 Å². The highest BCUT2D eigenvalue weighted by atomic mass is 35.5. The second kappa shape index (κ2) is 9.46. The molecule has 4 rings (SSSR count). The molecule has 2 aromatic heterocycles. The maximum absolute atomic E-state index is 12.5. The van der Waals surface area contributed by atoms with E-state index >= 15 is 0 Å². The summed E-state index contributed by atoms with van der Waals surface area (Å²) < 4.78 is 12.9. The number of anilines is 1. The minimum atomic E-state index is -0.462. The number of carbonyl (C=O) groups is 1. The number of aromatic nitrogens is 3. The van der Waals surface area contributed by atoms with Gasteiger partial charge in [0.15, 0.2) is 5.76 Å². The van der Waals surface area contributed by atoms with Crippen molar-refractivity contribution in [3.63, 3.8) is 0 Å². The van der Waals surface area contributed by atoms with E-state index in [2.05, 4.69) is 21.5 Å². The van der Waals surface area contributed by atoms with E-state index in [9.17, 15) is 4.79 Å². The molecule has 1 N–H and O–H groups in total. The van der Waals surface area contributed by atoms with Gasteiger partial charge in [-0.1, -0.05) is 35.3 Å². The number of halogens is 2. The fourth-order valence-electron chi connectivity index (χ4n) is 3.18. The molecule has 0 unspecified atom stereocenters. The van der Waals surface area contributed by atoms with Gasteiger partial charge < -0.3 is 9.15 Å². The molecule has 0 aliphatic carbocycles. The molecule has 0 bridgehead atoms. The highest BCUT2D eigenvalue weighted by Gasteiger charge is 2.15. The number of furan rings is 1. The normalized spacial score (nSPS) is 10.9. The minimum absolute atomic E-state index is 0.134. The third-order valence-corrected chi connectivity index (χ3v) is 5.31. The number of rotatable bonds is 7. The van der Waals surface area contributed by atoms with Crippen LogP contribution in [0.5, 0.6) is 5.75 Å². The van der Waals surface area contributed by atoms with Gasteiger partial charge in [-0.25, -0.2) is 9.67 Å². The molecule has 0 aliphatic rings. The van der Waals surface area contributed by atoms with E-state index in [4.69, 9.17) is 32.4 Å². The number of benzene rings is 2. The van der Waals surface area contributed by atoms with Crippen molar-refractivity contribution in [1.82, 2.24) is 14.8 Å². The average Bonchev–Trinajstić information content (AvgIpc) is 3.38. The smallest absolute Gasteiger partial charge is 0.293 e. The average molecular weight is 471 g/mol. The van der Waals surface area contributed by atoms with Crippen LogP contribution in [0, 0.1) is 13.8 Å². The summed E-state index contributed by atoms with van der Waals surface area (Å²) in [7, 11) is 0. The highest BCUT2D eigenvalue weighted by Crippen LogP contribution is 2.25. The van der Waals surface area contributed by atoms with Gasteiger partial charge in [-0.15, -0.1) is 5.10 Å². The van der Waals surface area contributed by atoms with Crippen LogP contribution in [-0.4, -0.2) is 20.7 Å². The van der Waals surface area contributed by atoms with Gasteiger partial charge in [-0.2, -0.15) is 0 Å². The summed E-state index contributed by atoms with van der Waals surface area (Å²) in [6.45, 7) is 4.55. The molecule has 0 spiro atoms. The topological polar surface area (TPSA) is 82.2 Å². The van der Waals surface area contributed by atoms with E-state index in [1.807, 2.05) is 26.0 Å². The maximum atomic E-state index is 12.5. The lowest BCUT2D eigenvalue weighted by molar-refractivity contribution is 0.0991. The second-order valence-corrected chi connectivity index (χ2v) is 8.11. The minimum Gasteiger partial charge on any atom is -0.486 e. The lowest BCUT2D eigenvalue weighted by Gasteiger charge is -2.06. The Kier molecular flexibility index (Phi) is 6.48. The first-order chi connectivity index (χ1) is 15.4. The number of carbonyl (C=O) groups excluding carboxylic acids is 1. The molecule has 0 fully saturated rings. The zero-order valence-corrected chi connectivity index (χ0v) is 18.9. The Balaban J connectivity index is 1.36. The van der Waals surface area contributed by atoms with Crippen LogP contribution in [0.3, 0.4) is 0 Å². The van der Waals surface area contributed by atoms with Crippen LogP contribution >= 0.6 is 23.2 Å². The summed E-state index contributed by atoms with van der Waals surface area (Å²) >= 11 is 12.4. The van der Waals surface area contributed by atoms with E-state index < -0.39 is 5.91 Å². The monoisotopic (exact) mass is 470 g/mol. The zero-order valence-electron chi connectivity index (χ0n) is 17.4. The van der Waals surface area contributed by atoms with E-state index in [1.165, 1.54) is 11.0 Å². The fraction of sp³-hybridized carbons (Fsp3) is 0.174. The van der Waals surface area contributed by atoms with Crippen molar-refractivity contribution < 1.29 is 13.9 Å². The second-order valence-electron chi connectivity index (χ2n) is 7.30. The van der Waals surface area contributed by atoms with Gasteiger partial charge in [-0.05, 0) is 61.4 Å². The van der Waals surface area contributed by atoms with Gasteiger partial charge in [0.2, 0.25) is 5.95 Å². The van der Waals surface area contributed by atoms with Gasteiger partial charge in [0, 0.05) is 15.6 Å². The summed E-state index contributed by atoms with van der Waals surface area (Å²) in [5.41, 5.74) is 2.95. The van der Waals surface area contributed by atoms with Crippen molar-refractivity contribution in [2.45, 2.75) is 27.0 Å². The van der Waals surface area contributed by atoms with Gasteiger partial charge >= 0.3 is 0 Å². The molecule has 4 aromatic rings. The molecule has 2 heterocycles. The largest absolute Gasteiger partial charge is 0.486 e. The van der Waals surface area contributed by atoms with Crippen molar-refractivity contribution in [1.29, 1.82) is 0 Å². The molecule has 0 saturated carbocycles. The van der Waals surface area contributed by atoms with Crippen molar-refractivity contribution in [2.24, 2.45) is 0 Å². The van der Waals surface area contributed by atoms with E-state index in [0.717, 1.165) is 22.4 Å². The Hall–Kier alpha value is -3.29. The molecule has 0 radical (unpaired) electrons. The predicted molar refractivity (Wildman–Crippen MR) is 122 cm³/mol. The third kappa shape index (κ3) is 5.30. The highest BCUT2D eigenvalue weighted by molar-refractivity contribution is 6.35. The van der Waals surface area contributed by atoms with Crippen LogP contribution in [-0.2, 0) is 13.2 Å². The van der Waals surface area contributed by atoms with Gasteiger partial charge in [-0.3, -0.25) is 10.1 Å². The Morgan fingerprint density at radius 1 is 1.09 bits per heavy atom. The molecule has 0 aliphatic heterocycles. The maximum Gasteiger partial charge on any atom is 0.293 e. The van der Waals surface area contributed by atoms with Gasteiger partial charge in [0.05, 0.1) is 6.54 Å². The summed E-state index contributed by atoms with van der Waals surface area (Å²) in [5.74, 6) is 1.09. The van der Waals surface area contributed by atoms with Gasteiger partial charge in [0.25, 0.3) is 5.91 Å². The number of amides is 1. The van der Waals surface area contributed by atoms with Crippen molar-refractivity contribution in [3.8, 4) is 5.75 Å². The van der Waals surface area contributed by atoms with Crippen LogP contribution in [0.15, 0.2) is 59.3 Å².